The molecule has 1 heterocycles. The van der Waals surface area contributed by atoms with Crippen molar-refractivity contribution >= 4 is 33.4 Å². The van der Waals surface area contributed by atoms with Gasteiger partial charge in [-0.2, -0.15) is 0 Å². The Balaban J connectivity index is 1.82. The molecule has 3 nitrogen and oxygen atoms in total. The zero-order chi connectivity index (χ0) is 13.7. The maximum absolute atomic E-state index is 12.0. The molecule has 2 rings (SSSR count). The zero-order valence-corrected chi connectivity index (χ0v) is 13.1. The minimum Gasteiger partial charge on any atom is -0.352 e. The van der Waals surface area contributed by atoms with Gasteiger partial charge in [0, 0.05) is 16.0 Å². The molecule has 1 amide bonds. The predicted molar refractivity (Wildman–Crippen MR) is 81.7 cm³/mol. The summed E-state index contributed by atoms with van der Waals surface area (Å²) in [4.78, 5) is 12.0. The van der Waals surface area contributed by atoms with Gasteiger partial charge in [0.15, 0.2) is 0 Å². The van der Waals surface area contributed by atoms with E-state index in [0.717, 1.165) is 24.0 Å². The van der Waals surface area contributed by atoms with Crippen molar-refractivity contribution in [2.24, 2.45) is 5.92 Å². The second kappa shape index (κ2) is 7.27. The second-order valence-corrected chi connectivity index (χ2v) is 6.17. The van der Waals surface area contributed by atoms with Crippen molar-refractivity contribution in [2.45, 2.75) is 19.3 Å². The molecule has 1 aliphatic rings. The Hall–Kier alpha value is -0.580. The van der Waals surface area contributed by atoms with Gasteiger partial charge in [0.05, 0.1) is 5.56 Å². The van der Waals surface area contributed by atoms with Gasteiger partial charge in [0.1, 0.15) is 0 Å². The summed E-state index contributed by atoms with van der Waals surface area (Å²) in [6, 6.07) is 5.24. The summed E-state index contributed by atoms with van der Waals surface area (Å²) in [5.41, 5.74) is 0.592. The highest BCUT2D eigenvalue weighted by Crippen LogP contribution is 2.21. The van der Waals surface area contributed by atoms with E-state index in [1.165, 1.54) is 12.8 Å². The molecule has 1 aliphatic heterocycles. The Labute approximate surface area is 127 Å². The van der Waals surface area contributed by atoms with Gasteiger partial charge in [0.2, 0.25) is 0 Å². The highest BCUT2D eigenvalue weighted by molar-refractivity contribution is 9.10. The molecule has 1 aromatic rings. The number of benzene rings is 1. The number of carbonyl (C=O) groups excluding carboxylic acids is 1. The lowest BCUT2D eigenvalue weighted by atomic mass is 9.96. The van der Waals surface area contributed by atoms with Gasteiger partial charge in [-0.3, -0.25) is 4.79 Å². The predicted octanol–water partition coefficient (Wildman–Crippen LogP) is 3.22. The number of hydrogen-bond donors (Lipinski definition) is 2. The number of rotatable bonds is 4. The summed E-state index contributed by atoms with van der Waals surface area (Å²) in [5.74, 6) is 0.606. The van der Waals surface area contributed by atoms with Crippen molar-refractivity contribution in [3.8, 4) is 0 Å². The van der Waals surface area contributed by atoms with Crippen molar-refractivity contribution in [1.29, 1.82) is 0 Å². The van der Waals surface area contributed by atoms with Gasteiger partial charge in [-0.15, -0.1) is 0 Å². The van der Waals surface area contributed by atoms with Gasteiger partial charge in [-0.1, -0.05) is 11.6 Å². The molecule has 1 fully saturated rings. The van der Waals surface area contributed by atoms with Crippen LogP contribution in [0.15, 0.2) is 22.7 Å². The van der Waals surface area contributed by atoms with Gasteiger partial charge in [0.25, 0.3) is 5.91 Å². The lowest BCUT2D eigenvalue weighted by Gasteiger charge is -2.22. The monoisotopic (exact) mass is 344 g/mol. The van der Waals surface area contributed by atoms with Crippen LogP contribution in [0.3, 0.4) is 0 Å². The number of piperidine rings is 1. The molecule has 0 radical (unpaired) electrons. The summed E-state index contributed by atoms with van der Waals surface area (Å²) in [6.45, 7) is 2.90. The van der Waals surface area contributed by atoms with Crippen LogP contribution in [0.5, 0.6) is 0 Å². The van der Waals surface area contributed by atoms with Crippen LogP contribution >= 0.6 is 27.5 Å². The Morgan fingerprint density at radius 1 is 1.53 bits per heavy atom. The fraction of sp³-hybridized carbons (Fsp3) is 0.500. The Morgan fingerprint density at radius 2 is 2.37 bits per heavy atom. The first kappa shape index (κ1) is 14.8. The number of hydrogen-bond acceptors (Lipinski definition) is 2. The van der Waals surface area contributed by atoms with Crippen molar-refractivity contribution in [3.63, 3.8) is 0 Å². The third-order valence-corrected chi connectivity index (χ3v) is 4.34. The summed E-state index contributed by atoms with van der Waals surface area (Å²) >= 11 is 9.28. The maximum Gasteiger partial charge on any atom is 0.252 e. The average Bonchev–Trinajstić information content (AvgIpc) is 2.42. The molecule has 104 valence electrons. The summed E-state index contributed by atoms with van der Waals surface area (Å²) < 4.78 is 0.772. The Morgan fingerprint density at radius 3 is 3.11 bits per heavy atom. The summed E-state index contributed by atoms with van der Waals surface area (Å²) in [5, 5.41) is 6.92. The number of nitrogens with one attached hydrogen (secondary N) is 2. The first-order valence-electron chi connectivity index (χ1n) is 6.61. The fourth-order valence-corrected chi connectivity index (χ4v) is 2.93. The van der Waals surface area contributed by atoms with Crippen LogP contribution in [0.4, 0.5) is 0 Å². The Kier molecular flexibility index (Phi) is 5.67. The van der Waals surface area contributed by atoms with E-state index in [-0.39, 0.29) is 5.91 Å². The van der Waals surface area contributed by atoms with Crippen molar-refractivity contribution in [3.05, 3.63) is 33.3 Å². The van der Waals surface area contributed by atoms with Gasteiger partial charge >= 0.3 is 0 Å². The summed E-state index contributed by atoms with van der Waals surface area (Å²) in [6.07, 6.45) is 3.51. The maximum atomic E-state index is 12.0. The molecule has 0 spiro atoms. The fourth-order valence-electron chi connectivity index (χ4n) is 2.33. The Bertz CT molecular complexity index is 447. The molecule has 5 heteroatoms. The molecule has 2 N–H and O–H groups in total. The molecule has 0 aromatic heterocycles. The molecule has 1 saturated heterocycles. The van der Waals surface area contributed by atoms with Crippen LogP contribution in [0.2, 0.25) is 5.02 Å². The van der Waals surface area contributed by atoms with Crippen molar-refractivity contribution in [2.75, 3.05) is 19.6 Å². The number of carbonyl (C=O) groups is 1. The third-order valence-electron chi connectivity index (χ3n) is 3.41. The normalized spacial score (nSPS) is 19.2. The highest BCUT2D eigenvalue weighted by atomic mass is 79.9. The van der Waals surface area contributed by atoms with E-state index in [9.17, 15) is 4.79 Å². The van der Waals surface area contributed by atoms with Crippen LogP contribution in [0.1, 0.15) is 29.6 Å². The zero-order valence-electron chi connectivity index (χ0n) is 10.7. The van der Waals surface area contributed by atoms with Gasteiger partial charge in [-0.05, 0) is 72.4 Å². The largest absolute Gasteiger partial charge is 0.352 e. The van der Waals surface area contributed by atoms with E-state index in [1.807, 2.05) is 0 Å². The second-order valence-electron chi connectivity index (χ2n) is 4.88. The van der Waals surface area contributed by atoms with Crippen LogP contribution in [-0.4, -0.2) is 25.5 Å². The van der Waals surface area contributed by atoms with Crippen molar-refractivity contribution < 1.29 is 4.79 Å². The summed E-state index contributed by atoms with van der Waals surface area (Å²) in [7, 11) is 0. The van der Waals surface area contributed by atoms with E-state index in [2.05, 4.69) is 26.6 Å². The SMILES string of the molecule is O=C(NCC[C@H]1CCCNC1)c1cc(Cl)ccc1Br. The average molecular weight is 346 g/mol. The highest BCUT2D eigenvalue weighted by Gasteiger charge is 2.14. The standard InChI is InChI=1S/C14H18BrClN2O/c15-13-4-3-11(16)8-12(13)14(19)18-7-5-10-2-1-6-17-9-10/h3-4,8,10,17H,1-2,5-7,9H2,(H,18,19)/t10-/m1/s1. The molecule has 0 saturated carbocycles. The molecule has 0 aliphatic carbocycles. The van der Waals surface area contributed by atoms with Crippen molar-refractivity contribution in [1.82, 2.24) is 10.6 Å². The quantitative estimate of drug-likeness (QED) is 0.879. The van der Waals surface area contributed by atoms with E-state index < -0.39 is 0 Å². The lowest BCUT2D eigenvalue weighted by Crippen LogP contribution is -2.33. The molecule has 0 bridgehead atoms. The minimum atomic E-state index is -0.0712. The van der Waals surface area contributed by atoms with E-state index in [4.69, 9.17) is 11.6 Å². The molecular weight excluding hydrogens is 328 g/mol. The van der Waals surface area contributed by atoms with Gasteiger partial charge in [-0.25, -0.2) is 0 Å². The minimum absolute atomic E-state index is 0.0712. The van der Waals surface area contributed by atoms with Crippen LogP contribution < -0.4 is 10.6 Å². The van der Waals surface area contributed by atoms with E-state index >= 15 is 0 Å². The third kappa shape index (κ3) is 4.48. The van der Waals surface area contributed by atoms with E-state index in [1.54, 1.807) is 18.2 Å². The lowest BCUT2D eigenvalue weighted by molar-refractivity contribution is 0.0950. The van der Waals surface area contributed by atoms with Crippen LogP contribution in [0.25, 0.3) is 0 Å². The van der Waals surface area contributed by atoms with Crippen LogP contribution in [-0.2, 0) is 0 Å². The molecular formula is C14H18BrClN2O. The number of halogens is 2. The first-order chi connectivity index (χ1) is 9.16. The van der Waals surface area contributed by atoms with Crippen LogP contribution in [0, 0.1) is 5.92 Å². The number of amides is 1. The molecule has 1 atom stereocenters. The topological polar surface area (TPSA) is 41.1 Å². The van der Waals surface area contributed by atoms with Gasteiger partial charge < -0.3 is 10.6 Å². The smallest absolute Gasteiger partial charge is 0.252 e. The van der Waals surface area contributed by atoms with E-state index in [0.29, 0.717) is 23.0 Å². The molecule has 0 unspecified atom stereocenters. The molecule has 19 heavy (non-hydrogen) atoms. The first-order valence-corrected chi connectivity index (χ1v) is 7.78. The molecule has 1 aromatic carbocycles.